The fourth-order valence-electron chi connectivity index (χ4n) is 3.02. The van der Waals surface area contributed by atoms with Crippen LogP contribution in [0.4, 0.5) is 5.69 Å². The second-order valence-electron chi connectivity index (χ2n) is 6.85. The predicted octanol–water partition coefficient (Wildman–Crippen LogP) is 2.82. The number of hydrogen-bond donors (Lipinski definition) is 1. The highest BCUT2D eigenvalue weighted by Gasteiger charge is 2.22. The fraction of sp³-hybridized carbons (Fsp3) is 0.167. The van der Waals surface area contributed by atoms with Crippen LogP contribution in [0.15, 0.2) is 71.3 Å². The molecule has 2 aromatic carbocycles. The molecule has 0 radical (unpaired) electrons. The number of nitrogens with one attached hydrogen (secondary N) is 1. The van der Waals surface area contributed by atoms with Crippen LogP contribution >= 0.6 is 0 Å². The third-order valence-corrected chi connectivity index (χ3v) is 4.77. The molecule has 0 saturated heterocycles. The van der Waals surface area contributed by atoms with Crippen molar-refractivity contribution in [2.24, 2.45) is 0 Å². The summed E-state index contributed by atoms with van der Waals surface area (Å²) in [7, 11) is 2.67. The number of benzene rings is 2. The molecule has 9 heteroatoms. The summed E-state index contributed by atoms with van der Waals surface area (Å²) in [4.78, 5) is 50.9. The first-order valence-corrected chi connectivity index (χ1v) is 9.93. The number of amides is 2. The Morgan fingerprint density at radius 2 is 1.52 bits per heavy atom. The van der Waals surface area contributed by atoms with Crippen molar-refractivity contribution in [3.8, 4) is 0 Å². The Kier molecular flexibility index (Phi) is 7.59. The number of likely N-dealkylation sites (N-methyl/N-ethyl adjacent to an activating group) is 1. The second-order valence-corrected chi connectivity index (χ2v) is 6.85. The minimum absolute atomic E-state index is 0.0162. The van der Waals surface area contributed by atoms with Gasteiger partial charge in [-0.2, -0.15) is 0 Å². The predicted molar refractivity (Wildman–Crippen MR) is 118 cm³/mol. The van der Waals surface area contributed by atoms with Crippen molar-refractivity contribution in [1.82, 2.24) is 5.32 Å². The highest BCUT2D eigenvalue weighted by Crippen LogP contribution is 2.20. The van der Waals surface area contributed by atoms with Crippen LogP contribution in [0.2, 0.25) is 0 Å². The van der Waals surface area contributed by atoms with Gasteiger partial charge in [-0.3, -0.25) is 9.59 Å². The van der Waals surface area contributed by atoms with Crippen LogP contribution in [0.5, 0.6) is 0 Å². The largest absolute Gasteiger partial charge is 0.467 e. The average Bonchev–Trinajstić information content (AvgIpc) is 3.38. The molecule has 0 spiro atoms. The highest BCUT2D eigenvalue weighted by atomic mass is 16.5. The molecule has 0 fully saturated rings. The van der Waals surface area contributed by atoms with Crippen molar-refractivity contribution in [1.29, 1.82) is 0 Å². The molecule has 0 atom stereocenters. The van der Waals surface area contributed by atoms with Crippen molar-refractivity contribution in [2.75, 3.05) is 25.7 Å². The van der Waals surface area contributed by atoms with Crippen LogP contribution in [-0.4, -0.2) is 44.5 Å². The van der Waals surface area contributed by atoms with E-state index < -0.39 is 30.4 Å². The van der Waals surface area contributed by atoms with Gasteiger partial charge < -0.3 is 24.1 Å². The Morgan fingerprint density at radius 1 is 0.879 bits per heavy atom. The van der Waals surface area contributed by atoms with Crippen LogP contribution in [0.1, 0.15) is 36.8 Å². The number of anilines is 1. The van der Waals surface area contributed by atoms with Crippen molar-refractivity contribution in [3.05, 3.63) is 89.4 Å². The van der Waals surface area contributed by atoms with E-state index >= 15 is 0 Å². The van der Waals surface area contributed by atoms with Gasteiger partial charge in [-0.05, 0) is 36.4 Å². The van der Waals surface area contributed by atoms with Crippen molar-refractivity contribution in [3.63, 3.8) is 0 Å². The zero-order valence-corrected chi connectivity index (χ0v) is 18.1. The quantitative estimate of drug-likeness (QED) is 0.525. The summed E-state index contributed by atoms with van der Waals surface area (Å²) in [5.74, 6) is -1.91. The average molecular weight is 450 g/mol. The van der Waals surface area contributed by atoms with Crippen LogP contribution in [0.3, 0.4) is 0 Å². The third kappa shape index (κ3) is 5.65. The van der Waals surface area contributed by atoms with Gasteiger partial charge in [0.25, 0.3) is 11.8 Å². The molecule has 2 amide bonds. The summed E-state index contributed by atoms with van der Waals surface area (Å²) in [6.07, 6.45) is 1.51. The molecule has 0 aliphatic carbocycles. The Hall–Kier alpha value is -4.40. The molecule has 1 aromatic heterocycles. The SMILES string of the molecule is COC(=O)c1ccccc1C(=O)OCC(=O)N(C)c1ccccc1C(=O)NCc1ccco1. The third-order valence-electron chi connectivity index (χ3n) is 4.77. The van der Waals surface area contributed by atoms with Crippen LogP contribution in [-0.2, 0) is 20.8 Å². The van der Waals surface area contributed by atoms with Gasteiger partial charge in [0.1, 0.15) is 5.76 Å². The number of ether oxygens (including phenoxy) is 2. The van der Waals surface area contributed by atoms with Crippen LogP contribution in [0, 0.1) is 0 Å². The Labute approximate surface area is 189 Å². The summed E-state index contributed by atoms with van der Waals surface area (Å²) < 4.78 is 15.0. The zero-order valence-electron chi connectivity index (χ0n) is 18.1. The molecule has 3 aromatic rings. The first kappa shape index (κ1) is 23.3. The number of carbonyl (C=O) groups is 4. The van der Waals surface area contributed by atoms with E-state index in [9.17, 15) is 19.2 Å². The van der Waals surface area contributed by atoms with Crippen LogP contribution < -0.4 is 10.2 Å². The number of nitrogens with zero attached hydrogens (tertiary/aromatic N) is 1. The van der Waals surface area contributed by atoms with Gasteiger partial charge in [0.2, 0.25) is 0 Å². The van der Waals surface area contributed by atoms with Gasteiger partial charge in [-0.25, -0.2) is 9.59 Å². The second kappa shape index (κ2) is 10.8. The van der Waals surface area contributed by atoms with E-state index in [1.165, 1.54) is 37.5 Å². The molecule has 9 nitrogen and oxygen atoms in total. The molecular formula is C24H22N2O7. The van der Waals surface area contributed by atoms with Gasteiger partial charge in [0.05, 0.1) is 42.3 Å². The number of methoxy groups -OCH3 is 1. The van der Waals surface area contributed by atoms with E-state index in [-0.39, 0.29) is 23.2 Å². The van der Waals surface area contributed by atoms with E-state index in [2.05, 4.69) is 10.1 Å². The first-order valence-electron chi connectivity index (χ1n) is 9.93. The number of carbonyl (C=O) groups excluding carboxylic acids is 4. The molecule has 0 aliphatic heterocycles. The Bertz CT molecular complexity index is 1160. The molecular weight excluding hydrogens is 428 g/mol. The number of rotatable bonds is 8. The monoisotopic (exact) mass is 450 g/mol. The first-order chi connectivity index (χ1) is 15.9. The van der Waals surface area contributed by atoms with E-state index in [1.807, 2.05) is 0 Å². The molecule has 1 N–H and O–H groups in total. The lowest BCUT2D eigenvalue weighted by atomic mass is 10.1. The molecule has 0 bridgehead atoms. The van der Waals surface area contributed by atoms with E-state index in [1.54, 1.807) is 48.5 Å². The molecule has 3 rings (SSSR count). The lowest BCUT2D eigenvalue weighted by molar-refractivity contribution is -0.121. The van der Waals surface area contributed by atoms with Crippen LogP contribution in [0.25, 0.3) is 0 Å². The minimum Gasteiger partial charge on any atom is -0.467 e. The zero-order chi connectivity index (χ0) is 23.8. The molecule has 1 heterocycles. The summed E-state index contributed by atoms with van der Waals surface area (Å²) in [5, 5.41) is 2.73. The van der Waals surface area contributed by atoms with Crippen molar-refractivity contribution >= 4 is 29.4 Å². The summed E-state index contributed by atoms with van der Waals surface area (Å²) in [6, 6.07) is 16.0. The van der Waals surface area contributed by atoms with Crippen molar-refractivity contribution < 1.29 is 33.1 Å². The molecule has 0 saturated carbocycles. The number of furan rings is 1. The van der Waals surface area contributed by atoms with Gasteiger partial charge in [0.15, 0.2) is 6.61 Å². The normalized spacial score (nSPS) is 10.2. The molecule has 0 unspecified atom stereocenters. The fourth-order valence-corrected chi connectivity index (χ4v) is 3.02. The molecule has 0 aliphatic rings. The maximum absolute atomic E-state index is 12.7. The topological polar surface area (TPSA) is 115 Å². The standard InChI is InChI=1S/C24H22N2O7/c1-26(20-12-6-5-11-19(20)22(28)25-14-16-8-7-13-32-16)21(27)15-33-24(30)18-10-4-3-9-17(18)23(29)31-2/h3-13H,14-15H2,1-2H3,(H,25,28). The molecule has 170 valence electrons. The van der Waals surface area contributed by atoms with Gasteiger partial charge in [-0.1, -0.05) is 24.3 Å². The lowest BCUT2D eigenvalue weighted by Gasteiger charge is -2.20. The Morgan fingerprint density at radius 3 is 2.15 bits per heavy atom. The van der Waals surface area contributed by atoms with Gasteiger partial charge in [-0.15, -0.1) is 0 Å². The summed E-state index contributed by atoms with van der Waals surface area (Å²) in [5.41, 5.74) is 0.620. The van der Waals surface area contributed by atoms with E-state index in [0.29, 0.717) is 11.4 Å². The maximum Gasteiger partial charge on any atom is 0.339 e. The lowest BCUT2D eigenvalue weighted by Crippen LogP contribution is -2.33. The summed E-state index contributed by atoms with van der Waals surface area (Å²) >= 11 is 0. The van der Waals surface area contributed by atoms with Gasteiger partial charge in [0, 0.05) is 7.05 Å². The van der Waals surface area contributed by atoms with E-state index in [0.717, 1.165) is 0 Å². The Balaban J connectivity index is 1.67. The maximum atomic E-state index is 12.7. The minimum atomic E-state index is -0.845. The number of esters is 2. The highest BCUT2D eigenvalue weighted by molar-refractivity contribution is 6.06. The number of hydrogen-bond acceptors (Lipinski definition) is 7. The summed E-state index contributed by atoms with van der Waals surface area (Å²) in [6.45, 7) is -0.401. The number of para-hydroxylation sites is 1. The smallest absolute Gasteiger partial charge is 0.339 e. The van der Waals surface area contributed by atoms with E-state index in [4.69, 9.17) is 9.15 Å². The van der Waals surface area contributed by atoms with Crippen molar-refractivity contribution in [2.45, 2.75) is 6.54 Å². The molecule has 33 heavy (non-hydrogen) atoms. The van der Waals surface area contributed by atoms with Gasteiger partial charge >= 0.3 is 11.9 Å².